The summed E-state index contributed by atoms with van der Waals surface area (Å²) in [5, 5.41) is 5.31. The molecular formula is C25H25N3O4S. The number of hydrogen-bond donors (Lipinski definition) is 1. The van der Waals surface area contributed by atoms with Crippen LogP contribution in [-0.4, -0.2) is 29.3 Å². The van der Waals surface area contributed by atoms with Gasteiger partial charge in [0.15, 0.2) is 0 Å². The monoisotopic (exact) mass is 463 g/mol. The number of hydrogen-bond acceptors (Lipinski definition) is 6. The molecule has 0 spiro atoms. The second-order valence-electron chi connectivity index (χ2n) is 8.12. The van der Waals surface area contributed by atoms with Crippen LogP contribution in [0.1, 0.15) is 28.2 Å². The first kappa shape index (κ1) is 22.7. The molecule has 1 fully saturated rings. The Morgan fingerprint density at radius 1 is 1.15 bits per heavy atom. The van der Waals surface area contributed by atoms with Gasteiger partial charge in [-0.3, -0.25) is 14.4 Å². The number of esters is 1. The van der Waals surface area contributed by atoms with Gasteiger partial charge in [-0.15, -0.1) is 11.3 Å². The van der Waals surface area contributed by atoms with Gasteiger partial charge in [-0.1, -0.05) is 35.9 Å². The summed E-state index contributed by atoms with van der Waals surface area (Å²) in [5.41, 5.74) is 4.25. The summed E-state index contributed by atoms with van der Waals surface area (Å²) in [5.74, 6) is -1.15. The second-order valence-corrected chi connectivity index (χ2v) is 9.06. The Balaban J connectivity index is 1.27. The molecule has 0 radical (unpaired) electrons. The van der Waals surface area contributed by atoms with Gasteiger partial charge in [0.1, 0.15) is 11.6 Å². The third kappa shape index (κ3) is 5.64. The highest BCUT2D eigenvalue weighted by molar-refractivity contribution is 7.09. The number of aryl methyl sites for hydroxylation is 2. The van der Waals surface area contributed by atoms with E-state index < -0.39 is 11.9 Å². The van der Waals surface area contributed by atoms with Crippen LogP contribution >= 0.6 is 11.3 Å². The number of nitrogens with zero attached hydrogens (tertiary/aromatic N) is 2. The van der Waals surface area contributed by atoms with Crippen LogP contribution in [-0.2, 0) is 32.1 Å². The Hall–Kier alpha value is -3.52. The van der Waals surface area contributed by atoms with Gasteiger partial charge >= 0.3 is 5.97 Å². The Morgan fingerprint density at radius 2 is 1.91 bits per heavy atom. The van der Waals surface area contributed by atoms with Crippen LogP contribution in [0.4, 0.5) is 11.4 Å². The molecule has 2 heterocycles. The van der Waals surface area contributed by atoms with E-state index in [1.807, 2.05) is 62.4 Å². The van der Waals surface area contributed by atoms with Crippen molar-refractivity contribution >= 4 is 40.5 Å². The fraction of sp³-hybridized carbons (Fsp3) is 0.280. The van der Waals surface area contributed by atoms with E-state index in [1.54, 1.807) is 10.3 Å². The summed E-state index contributed by atoms with van der Waals surface area (Å²) in [7, 11) is 0. The Bertz CT molecular complexity index is 1170. The Kier molecular flexibility index (Phi) is 6.84. The molecule has 1 saturated heterocycles. The molecule has 2 amide bonds. The zero-order chi connectivity index (χ0) is 23.4. The average molecular weight is 464 g/mol. The molecule has 2 aromatic carbocycles. The highest BCUT2D eigenvalue weighted by Crippen LogP contribution is 2.26. The number of rotatable bonds is 7. The van der Waals surface area contributed by atoms with Crippen LogP contribution in [0.25, 0.3) is 0 Å². The van der Waals surface area contributed by atoms with Gasteiger partial charge in [-0.2, -0.15) is 0 Å². The molecule has 0 unspecified atom stereocenters. The molecule has 1 aliphatic rings. The summed E-state index contributed by atoms with van der Waals surface area (Å²) >= 11 is 1.35. The van der Waals surface area contributed by atoms with Gasteiger partial charge < -0.3 is 15.0 Å². The molecular weight excluding hydrogens is 438 g/mol. The molecule has 3 aromatic rings. The van der Waals surface area contributed by atoms with E-state index in [-0.39, 0.29) is 31.3 Å². The standard InChI is InChI=1S/C25H25N3O4S/c1-16-7-9-20(10-8-16)28-13-18(11-24(28)30)25(31)32-14-19-15-33-23(26-19)12-22(29)27-21-6-4-3-5-17(21)2/h3-10,15,18H,11-14H2,1-2H3,(H,27,29)/t18-/m1/s1. The molecule has 8 heteroatoms. The first-order chi connectivity index (χ1) is 15.9. The third-order valence-corrected chi connectivity index (χ3v) is 6.39. The number of carbonyl (C=O) groups excluding carboxylic acids is 3. The van der Waals surface area contributed by atoms with Crippen LogP contribution in [0.2, 0.25) is 0 Å². The minimum atomic E-state index is -0.503. The maximum absolute atomic E-state index is 12.5. The summed E-state index contributed by atoms with van der Waals surface area (Å²) < 4.78 is 5.42. The van der Waals surface area contributed by atoms with Crippen molar-refractivity contribution in [3.63, 3.8) is 0 Å². The molecule has 1 N–H and O–H groups in total. The van der Waals surface area contributed by atoms with Crippen molar-refractivity contribution in [1.82, 2.24) is 4.98 Å². The number of amides is 2. The van der Waals surface area contributed by atoms with Gasteiger partial charge in [0, 0.05) is 29.7 Å². The number of para-hydroxylation sites is 1. The van der Waals surface area contributed by atoms with Crippen LogP contribution in [0.5, 0.6) is 0 Å². The average Bonchev–Trinajstić information content (AvgIpc) is 3.40. The van der Waals surface area contributed by atoms with Crippen LogP contribution in [0.15, 0.2) is 53.9 Å². The summed E-state index contributed by atoms with van der Waals surface area (Å²) in [6.45, 7) is 4.24. The number of anilines is 2. The SMILES string of the molecule is Cc1ccc(N2C[C@H](C(=O)OCc3csc(CC(=O)Nc4ccccc4C)n3)CC2=O)cc1. The topological polar surface area (TPSA) is 88.6 Å². The number of benzene rings is 2. The van der Waals surface area contributed by atoms with Crippen LogP contribution in [0, 0.1) is 19.8 Å². The van der Waals surface area contributed by atoms with Crippen LogP contribution < -0.4 is 10.2 Å². The van der Waals surface area contributed by atoms with Gasteiger partial charge in [0.25, 0.3) is 0 Å². The van der Waals surface area contributed by atoms with Crippen molar-refractivity contribution in [3.8, 4) is 0 Å². The molecule has 7 nitrogen and oxygen atoms in total. The number of ether oxygens (including phenoxy) is 1. The summed E-state index contributed by atoms with van der Waals surface area (Å²) in [6.07, 6.45) is 0.281. The molecule has 170 valence electrons. The minimum absolute atomic E-state index is 0.0178. The van der Waals surface area contributed by atoms with E-state index >= 15 is 0 Å². The molecule has 33 heavy (non-hydrogen) atoms. The maximum atomic E-state index is 12.5. The van der Waals surface area contributed by atoms with Crippen molar-refractivity contribution in [3.05, 3.63) is 75.7 Å². The predicted molar refractivity (Wildman–Crippen MR) is 127 cm³/mol. The zero-order valence-electron chi connectivity index (χ0n) is 18.5. The van der Waals surface area contributed by atoms with E-state index in [1.165, 1.54) is 11.3 Å². The molecule has 0 saturated carbocycles. The summed E-state index contributed by atoms with van der Waals surface area (Å²) in [4.78, 5) is 43.2. The first-order valence-electron chi connectivity index (χ1n) is 10.7. The second kappa shape index (κ2) is 9.95. The first-order valence-corrected chi connectivity index (χ1v) is 11.6. The van der Waals surface area contributed by atoms with Crippen molar-refractivity contribution in [2.45, 2.75) is 33.3 Å². The molecule has 1 aliphatic heterocycles. The molecule has 1 atom stereocenters. The lowest BCUT2D eigenvalue weighted by atomic mass is 10.1. The van der Waals surface area contributed by atoms with Gasteiger partial charge in [0.2, 0.25) is 11.8 Å². The quantitative estimate of drug-likeness (QED) is 0.535. The van der Waals surface area contributed by atoms with E-state index in [9.17, 15) is 14.4 Å². The van der Waals surface area contributed by atoms with Crippen molar-refractivity contribution in [1.29, 1.82) is 0 Å². The van der Waals surface area contributed by atoms with Crippen LogP contribution in [0.3, 0.4) is 0 Å². The van der Waals surface area contributed by atoms with Crippen molar-refractivity contribution in [2.24, 2.45) is 5.92 Å². The molecule has 4 rings (SSSR count). The number of aromatic nitrogens is 1. The third-order valence-electron chi connectivity index (χ3n) is 5.50. The minimum Gasteiger partial charge on any atom is -0.459 e. The Labute approximate surface area is 196 Å². The predicted octanol–water partition coefficient (Wildman–Crippen LogP) is 4.04. The van der Waals surface area contributed by atoms with Gasteiger partial charge in [-0.05, 0) is 37.6 Å². The lowest BCUT2D eigenvalue weighted by Gasteiger charge is -2.16. The molecule has 1 aromatic heterocycles. The lowest BCUT2D eigenvalue weighted by molar-refractivity contribution is -0.149. The lowest BCUT2D eigenvalue weighted by Crippen LogP contribution is -2.26. The summed E-state index contributed by atoms with van der Waals surface area (Å²) in [6, 6.07) is 15.2. The van der Waals surface area contributed by atoms with Gasteiger partial charge in [0.05, 0.1) is 18.0 Å². The fourth-order valence-electron chi connectivity index (χ4n) is 3.64. The maximum Gasteiger partial charge on any atom is 0.311 e. The van der Waals surface area contributed by atoms with E-state index in [4.69, 9.17) is 4.74 Å². The highest BCUT2D eigenvalue weighted by atomic mass is 32.1. The van der Waals surface area contributed by atoms with Gasteiger partial charge in [-0.25, -0.2) is 4.98 Å². The number of carbonyl (C=O) groups is 3. The van der Waals surface area contributed by atoms with Crippen molar-refractivity contribution in [2.75, 3.05) is 16.8 Å². The largest absolute Gasteiger partial charge is 0.459 e. The zero-order valence-corrected chi connectivity index (χ0v) is 19.4. The van der Waals surface area contributed by atoms with Crippen molar-refractivity contribution < 1.29 is 19.1 Å². The van der Waals surface area contributed by atoms with E-state index in [2.05, 4.69) is 10.3 Å². The number of nitrogens with one attached hydrogen (secondary N) is 1. The molecule has 0 bridgehead atoms. The highest BCUT2D eigenvalue weighted by Gasteiger charge is 2.36. The fourth-order valence-corrected chi connectivity index (χ4v) is 4.42. The molecule has 0 aliphatic carbocycles. The van der Waals surface area contributed by atoms with E-state index in [0.717, 1.165) is 22.5 Å². The number of thiazole rings is 1. The smallest absolute Gasteiger partial charge is 0.311 e. The van der Waals surface area contributed by atoms with E-state index in [0.29, 0.717) is 17.2 Å². The Morgan fingerprint density at radius 3 is 2.67 bits per heavy atom. The normalized spacial score (nSPS) is 15.5.